The number of hydrogen-bond donors (Lipinski definition) is 2. The topological polar surface area (TPSA) is 72.3 Å². The second-order valence-corrected chi connectivity index (χ2v) is 4.07. The van der Waals surface area contributed by atoms with Gasteiger partial charge < -0.3 is 11.5 Å². The Hall–Kier alpha value is -0.610. The van der Waals surface area contributed by atoms with Gasteiger partial charge in [-0.05, 0) is 20.9 Å². The second-order valence-electron chi connectivity index (χ2n) is 4.07. The van der Waals surface area contributed by atoms with Crippen molar-refractivity contribution >= 4 is 5.91 Å². The predicted octanol–water partition coefficient (Wildman–Crippen LogP) is -0.861. The predicted molar refractivity (Wildman–Crippen MR) is 47.4 cm³/mol. The van der Waals surface area contributed by atoms with Crippen LogP contribution in [-0.2, 0) is 4.79 Å². The van der Waals surface area contributed by atoms with E-state index < -0.39 is 0 Å². The van der Waals surface area contributed by atoms with Crippen molar-refractivity contribution in [1.29, 1.82) is 0 Å². The molecule has 1 aliphatic rings. The quantitative estimate of drug-likeness (QED) is 0.539. The first-order valence-corrected chi connectivity index (χ1v) is 4.13. The smallest absolute Gasteiger partial charge is 0.223 e. The van der Waals surface area contributed by atoms with Crippen LogP contribution in [0.25, 0.3) is 0 Å². The van der Waals surface area contributed by atoms with Crippen LogP contribution < -0.4 is 11.5 Å². The minimum Gasteiger partial charge on any atom is -0.369 e. The van der Waals surface area contributed by atoms with Crippen LogP contribution >= 0.6 is 0 Å². The SMILES string of the molecule is CN1CC(C(N)=O)C(N)C1(C)C. The Morgan fingerprint density at radius 2 is 2.08 bits per heavy atom. The molecule has 4 heteroatoms. The summed E-state index contributed by atoms with van der Waals surface area (Å²) in [5, 5.41) is 0. The van der Waals surface area contributed by atoms with Gasteiger partial charge in [0, 0.05) is 18.1 Å². The van der Waals surface area contributed by atoms with Crippen LogP contribution in [0.2, 0.25) is 0 Å². The second kappa shape index (κ2) is 2.71. The highest BCUT2D eigenvalue weighted by atomic mass is 16.1. The van der Waals surface area contributed by atoms with Crippen molar-refractivity contribution in [3.63, 3.8) is 0 Å². The van der Waals surface area contributed by atoms with Crippen LogP contribution in [0.15, 0.2) is 0 Å². The molecule has 1 fully saturated rings. The molecule has 1 aliphatic heterocycles. The van der Waals surface area contributed by atoms with E-state index in [0.717, 1.165) is 0 Å². The van der Waals surface area contributed by atoms with Crippen molar-refractivity contribution in [2.75, 3.05) is 13.6 Å². The maximum atomic E-state index is 11.0. The molecular formula is C8H17N3O. The van der Waals surface area contributed by atoms with Crippen molar-refractivity contribution in [2.24, 2.45) is 17.4 Å². The maximum Gasteiger partial charge on any atom is 0.223 e. The molecule has 1 rings (SSSR count). The molecular weight excluding hydrogens is 154 g/mol. The van der Waals surface area contributed by atoms with Crippen LogP contribution in [0.3, 0.4) is 0 Å². The lowest BCUT2D eigenvalue weighted by Gasteiger charge is -2.31. The third-order valence-corrected chi connectivity index (χ3v) is 3.07. The van der Waals surface area contributed by atoms with E-state index >= 15 is 0 Å². The number of carbonyl (C=O) groups excluding carboxylic acids is 1. The zero-order valence-electron chi connectivity index (χ0n) is 7.87. The van der Waals surface area contributed by atoms with Crippen LogP contribution in [0.1, 0.15) is 13.8 Å². The minimum absolute atomic E-state index is 0.125. The van der Waals surface area contributed by atoms with Gasteiger partial charge in [-0.2, -0.15) is 0 Å². The Labute approximate surface area is 72.9 Å². The summed E-state index contributed by atoms with van der Waals surface area (Å²) >= 11 is 0. The average Bonchev–Trinajstić information content (AvgIpc) is 2.13. The van der Waals surface area contributed by atoms with Gasteiger partial charge in [-0.3, -0.25) is 9.69 Å². The molecule has 4 N–H and O–H groups in total. The summed E-state index contributed by atoms with van der Waals surface area (Å²) in [6.07, 6.45) is 0. The number of likely N-dealkylation sites (tertiary alicyclic amines) is 1. The summed E-state index contributed by atoms with van der Waals surface area (Å²) in [6, 6.07) is -0.153. The van der Waals surface area contributed by atoms with E-state index in [0.29, 0.717) is 6.54 Å². The molecule has 0 spiro atoms. The fourth-order valence-corrected chi connectivity index (χ4v) is 1.66. The number of carbonyl (C=O) groups is 1. The highest BCUT2D eigenvalue weighted by Crippen LogP contribution is 2.29. The molecule has 0 saturated carbocycles. The third kappa shape index (κ3) is 1.21. The molecule has 1 amide bonds. The van der Waals surface area contributed by atoms with Crippen molar-refractivity contribution < 1.29 is 4.79 Å². The molecule has 1 heterocycles. The number of nitrogens with two attached hydrogens (primary N) is 2. The van der Waals surface area contributed by atoms with E-state index in [1.165, 1.54) is 0 Å². The molecule has 4 nitrogen and oxygen atoms in total. The van der Waals surface area contributed by atoms with Crippen molar-refractivity contribution in [1.82, 2.24) is 4.90 Å². The monoisotopic (exact) mass is 171 g/mol. The van der Waals surface area contributed by atoms with Gasteiger partial charge in [-0.25, -0.2) is 0 Å². The molecule has 0 radical (unpaired) electrons. The molecule has 12 heavy (non-hydrogen) atoms. The maximum absolute atomic E-state index is 11.0. The molecule has 0 aliphatic carbocycles. The number of nitrogens with zero attached hydrogens (tertiary/aromatic N) is 1. The summed E-state index contributed by atoms with van der Waals surface area (Å²) in [5.74, 6) is -0.495. The van der Waals surface area contributed by atoms with Crippen LogP contribution in [0, 0.1) is 5.92 Å². The van der Waals surface area contributed by atoms with Crippen molar-refractivity contribution in [3.8, 4) is 0 Å². The largest absolute Gasteiger partial charge is 0.369 e. The van der Waals surface area contributed by atoms with Crippen LogP contribution in [0.4, 0.5) is 0 Å². The van der Waals surface area contributed by atoms with E-state index in [1.54, 1.807) is 0 Å². The molecule has 0 aromatic heterocycles. The average molecular weight is 171 g/mol. The molecule has 0 aromatic rings. The number of amides is 1. The van der Waals surface area contributed by atoms with E-state index in [4.69, 9.17) is 11.5 Å². The van der Waals surface area contributed by atoms with E-state index in [1.807, 2.05) is 20.9 Å². The lowest BCUT2D eigenvalue weighted by Crippen LogP contribution is -2.50. The normalized spacial score (nSPS) is 35.3. The molecule has 2 unspecified atom stereocenters. The van der Waals surface area contributed by atoms with Crippen LogP contribution in [0.5, 0.6) is 0 Å². The molecule has 70 valence electrons. The van der Waals surface area contributed by atoms with Gasteiger partial charge in [-0.15, -0.1) is 0 Å². The summed E-state index contributed by atoms with van der Waals surface area (Å²) in [7, 11) is 1.96. The van der Waals surface area contributed by atoms with Gasteiger partial charge in [0.05, 0.1) is 5.92 Å². The standard InChI is InChI=1S/C8H17N3O/c1-8(2)6(9)5(7(10)12)4-11(8)3/h5-6H,4,9H2,1-3H3,(H2,10,12). The first-order valence-electron chi connectivity index (χ1n) is 4.13. The Morgan fingerprint density at radius 3 is 2.25 bits per heavy atom. The van der Waals surface area contributed by atoms with E-state index in [2.05, 4.69) is 4.90 Å². The Morgan fingerprint density at radius 1 is 1.58 bits per heavy atom. The number of primary amides is 1. The lowest BCUT2D eigenvalue weighted by atomic mass is 9.90. The Kier molecular flexibility index (Phi) is 2.14. The molecule has 2 atom stereocenters. The number of rotatable bonds is 1. The number of hydrogen-bond acceptors (Lipinski definition) is 3. The van der Waals surface area contributed by atoms with Gasteiger partial charge in [0.25, 0.3) is 0 Å². The highest BCUT2D eigenvalue weighted by Gasteiger charge is 2.45. The summed E-state index contributed by atoms with van der Waals surface area (Å²) < 4.78 is 0. The van der Waals surface area contributed by atoms with Gasteiger partial charge in [0.15, 0.2) is 0 Å². The molecule has 0 bridgehead atoms. The van der Waals surface area contributed by atoms with E-state index in [9.17, 15) is 4.79 Å². The van der Waals surface area contributed by atoms with Gasteiger partial charge in [0.2, 0.25) is 5.91 Å². The zero-order chi connectivity index (χ0) is 9.52. The molecule has 0 aromatic carbocycles. The lowest BCUT2D eigenvalue weighted by molar-refractivity contribution is -0.121. The minimum atomic E-state index is -0.292. The van der Waals surface area contributed by atoms with Crippen LogP contribution in [-0.4, -0.2) is 36.0 Å². The fraction of sp³-hybridized carbons (Fsp3) is 0.875. The third-order valence-electron chi connectivity index (χ3n) is 3.07. The first kappa shape index (κ1) is 9.48. The fourth-order valence-electron chi connectivity index (χ4n) is 1.66. The van der Waals surface area contributed by atoms with Gasteiger partial charge in [-0.1, -0.05) is 0 Å². The summed E-state index contributed by atoms with van der Waals surface area (Å²) in [6.45, 7) is 4.73. The number of likely N-dealkylation sites (N-methyl/N-ethyl adjacent to an activating group) is 1. The Bertz CT molecular complexity index is 202. The van der Waals surface area contributed by atoms with Gasteiger partial charge >= 0.3 is 0 Å². The molecule has 1 saturated heterocycles. The summed E-state index contributed by atoms with van der Waals surface area (Å²) in [4.78, 5) is 13.0. The summed E-state index contributed by atoms with van der Waals surface area (Å²) in [5.41, 5.74) is 11.0. The highest BCUT2D eigenvalue weighted by molar-refractivity contribution is 5.78. The van der Waals surface area contributed by atoms with Crippen molar-refractivity contribution in [3.05, 3.63) is 0 Å². The van der Waals surface area contributed by atoms with E-state index in [-0.39, 0.29) is 23.4 Å². The van der Waals surface area contributed by atoms with Gasteiger partial charge in [0.1, 0.15) is 0 Å². The zero-order valence-corrected chi connectivity index (χ0v) is 7.87. The first-order chi connectivity index (χ1) is 5.37. The Balaban J connectivity index is 2.83. The van der Waals surface area contributed by atoms with Crippen molar-refractivity contribution in [2.45, 2.75) is 25.4 Å².